The highest BCUT2D eigenvalue weighted by Gasteiger charge is 2.32. The van der Waals surface area contributed by atoms with Crippen LogP contribution in [-0.4, -0.2) is 52.7 Å². The first-order valence-corrected chi connectivity index (χ1v) is 12.1. The number of rotatable bonds is 5. The molecule has 0 unspecified atom stereocenters. The van der Waals surface area contributed by atoms with Crippen LogP contribution in [0.15, 0.2) is 42.7 Å². The van der Waals surface area contributed by atoms with E-state index in [1.807, 2.05) is 62.1 Å². The molecule has 0 radical (unpaired) electrons. The van der Waals surface area contributed by atoms with Gasteiger partial charge in [-0.1, -0.05) is 30.3 Å². The predicted molar refractivity (Wildman–Crippen MR) is 128 cm³/mol. The minimum absolute atomic E-state index is 0.176. The van der Waals surface area contributed by atoms with Crippen molar-refractivity contribution in [2.75, 3.05) is 31.1 Å². The third kappa shape index (κ3) is 6.59. The highest BCUT2D eigenvalue weighted by atomic mass is 16.6. The van der Waals surface area contributed by atoms with Crippen LogP contribution in [0.3, 0.4) is 0 Å². The van der Waals surface area contributed by atoms with Crippen molar-refractivity contribution in [2.24, 2.45) is 11.8 Å². The lowest BCUT2D eigenvalue weighted by atomic mass is 9.79. The molecule has 0 saturated carbocycles. The van der Waals surface area contributed by atoms with E-state index in [4.69, 9.17) is 9.47 Å². The fraction of sp³-hybridized carbons (Fsp3) is 0.577. The summed E-state index contributed by atoms with van der Waals surface area (Å²) in [7, 11) is 0. The monoisotopic (exact) mass is 452 g/mol. The molecular weight excluding hydrogens is 416 g/mol. The van der Waals surface area contributed by atoms with Gasteiger partial charge in [-0.2, -0.15) is 0 Å². The van der Waals surface area contributed by atoms with Gasteiger partial charge in [-0.15, -0.1) is 0 Å². The molecule has 4 rings (SSSR count). The normalized spacial score (nSPS) is 18.3. The van der Waals surface area contributed by atoms with Crippen LogP contribution < -0.4 is 9.64 Å². The van der Waals surface area contributed by atoms with Gasteiger partial charge in [-0.05, 0) is 63.9 Å². The Hall–Kier alpha value is -2.83. The Balaban J connectivity index is 1.24. The molecular formula is C26H36N4O3. The van der Waals surface area contributed by atoms with Gasteiger partial charge in [0.15, 0.2) is 0 Å². The molecule has 1 amide bonds. The minimum Gasteiger partial charge on any atom is -0.473 e. The number of amides is 1. The van der Waals surface area contributed by atoms with Crippen molar-refractivity contribution in [3.05, 3.63) is 48.3 Å². The Bertz CT molecular complexity index is 899. The zero-order valence-corrected chi connectivity index (χ0v) is 20.1. The largest absolute Gasteiger partial charge is 0.473 e. The molecule has 2 aliphatic rings. The fourth-order valence-electron chi connectivity index (χ4n) is 4.79. The van der Waals surface area contributed by atoms with E-state index >= 15 is 0 Å². The second kappa shape index (κ2) is 10.4. The second-order valence-electron chi connectivity index (χ2n) is 10.1. The fourth-order valence-corrected chi connectivity index (χ4v) is 4.79. The Labute approximate surface area is 197 Å². The summed E-state index contributed by atoms with van der Waals surface area (Å²) in [4.78, 5) is 25.3. The lowest BCUT2D eigenvalue weighted by molar-refractivity contribution is 0.0152. The van der Waals surface area contributed by atoms with E-state index in [2.05, 4.69) is 14.9 Å². The van der Waals surface area contributed by atoms with Gasteiger partial charge in [0.2, 0.25) is 5.88 Å². The number of anilines is 1. The third-order valence-electron chi connectivity index (χ3n) is 6.58. The maximum atomic E-state index is 12.3. The van der Waals surface area contributed by atoms with Gasteiger partial charge in [0.05, 0.1) is 0 Å². The number of likely N-dealkylation sites (tertiary alicyclic amines) is 1. The molecule has 0 atom stereocenters. The van der Waals surface area contributed by atoms with Crippen LogP contribution >= 0.6 is 0 Å². The average molecular weight is 453 g/mol. The Morgan fingerprint density at radius 3 is 2.24 bits per heavy atom. The number of hydrogen-bond donors (Lipinski definition) is 0. The van der Waals surface area contributed by atoms with Crippen LogP contribution in [0.4, 0.5) is 10.6 Å². The van der Waals surface area contributed by atoms with Gasteiger partial charge in [-0.3, -0.25) is 0 Å². The molecule has 2 aliphatic heterocycles. The molecule has 7 nitrogen and oxygen atoms in total. The average Bonchev–Trinajstić information content (AvgIpc) is 2.83. The van der Waals surface area contributed by atoms with E-state index < -0.39 is 5.60 Å². The van der Waals surface area contributed by atoms with Crippen LogP contribution in [0.5, 0.6) is 5.88 Å². The van der Waals surface area contributed by atoms with E-state index in [-0.39, 0.29) is 6.09 Å². The molecule has 3 heterocycles. The number of carbonyl (C=O) groups is 1. The quantitative estimate of drug-likeness (QED) is 0.642. The van der Waals surface area contributed by atoms with Crippen molar-refractivity contribution in [3.63, 3.8) is 0 Å². The molecule has 0 bridgehead atoms. The number of carbonyl (C=O) groups excluding carboxylic acids is 1. The van der Waals surface area contributed by atoms with Crippen molar-refractivity contribution in [3.8, 4) is 5.88 Å². The van der Waals surface area contributed by atoms with Crippen LogP contribution in [-0.2, 0) is 11.3 Å². The van der Waals surface area contributed by atoms with Crippen molar-refractivity contribution in [2.45, 2.75) is 58.7 Å². The van der Waals surface area contributed by atoms with Crippen molar-refractivity contribution in [1.29, 1.82) is 0 Å². The topological polar surface area (TPSA) is 67.8 Å². The summed E-state index contributed by atoms with van der Waals surface area (Å²) in [5, 5.41) is 0. The molecule has 0 N–H and O–H groups in total. The molecule has 0 aliphatic carbocycles. The number of aromatic nitrogens is 2. The van der Waals surface area contributed by atoms with E-state index in [1.54, 1.807) is 6.33 Å². The lowest BCUT2D eigenvalue weighted by Crippen LogP contribution is -2.44. The van der Waals surface area contributed by atoms with Gasteiger partial charge in [0.1, 0.15) is 24.4 Å². The van der Waals surface area contributed by atoms with E-state index in [0.29, 0.717) is 24.3 Å². The van der Waals surface area contributed by atoms with E-state index in [1.165, 1.54) is 0 Å². The highest BCUT2D eigenvalue weighted by molar-refractivity contribution is 5.68. The SMILES string of the molecule is CC(C)(C)OC(=O)N1CCC(C2CCN(c3cc(OCc4ccccc4)ncn3)CC2)CC1. The summed E-state index contributed by atoms with van der Waals surface area (Å²) in [5.74, 6) is 2.94. The lowest BCUT2D eigenvalue weighted by Gasteiger charge is -2.40. The smallest absolute Gasteiger partial charge is 0.410 e. The molecule has 2 saturated heterocycles. The number of ether oxygens (including phenoxy) is 2. The molecule has 7 heteroatoms. The Morgan fingerprint density at radius 1 is 0.970 bits per heavy atom. The number of hydrogen-bond acceptors (Lipinski definition) is 6. The number of benzene rings is 1. The summed E-state index contributed by atoms with van der Waals surface area (Å²) in [6.07, 6.45) is 5.85. The van der Waals surface area contributed by atoms with Crippen molar-refractivity contribution < 1.29 is 14.3 Å². The first-order chi connectivity index (χ1) is 15.9. The predicted octanol–water partition coefficient (Wildman–Crippen LogP) is 4.92. The van der Waals surface area contributed by atoms with E-state index in [0.717, 1.165) is 63.2 Å². The van der Waals surface area contributed by atoms with Crippen LogP contribution in [0.25, 0.3) is 0 Å². The number of piperidine rings is 2. The highest BCUT2D eigenvalue weighted by Crippen LogP contribution is 2.34. The molecule has 2 fully saturated rings. The zero-order chi connectivity index (χ0) is 23.3. The van der Waals surface area contributed by atoms with Gasteiger partial charge in [-0.25, -0.2) is 14.8 Å². The van der Waals surface area contributed by atoms with Gasteiger partial charge >= 0.3 is 6.09 Å². The van der Waals surface area contributed by atoms with Crippen LogP contribution in [0.1, 0.15) is 52.0 Å². The van der Waals surface area contributed by atoms with Crippen molar-refractivity contribution in [1.82, 2.24) is 14.9 Å². The summed E-state index contributed by atoms with van der Waals surface area (Å²) < 4.78 is 11.4. The first-order valence-electron chi connectivity index (χ1n) is 12.1. The maximum absolute atomic E-state index is 12.3. The first kappa shape index (κ1) is 23.3. The van der Waals surface area contributed by atoms with Gasteiger partial charge < -0.3 is 19.3 Å². The molecule has 178 valence electrons. The summed E-state index contributed by atoms with van der Waals surface area (Å²) in [6, 6.07) is 12.1. The molecule has 1 aromatic carbocycles. The summed E-state index contributed by atoms with van der Waals surface area (Å²) in [6.45, 7) is 9.84. The molecule has 1 aromatic heterocycles. The van der Waals surface area contributed by atoms with Crippen LogP contribution in [0.2, 0.25) is 0 Å². The molecule has 2 aromatic rings. The number of nitrogens with zero attached hydrogens (tertiary/aromatic N) is 4. The zero-order valence-electron chi connectivity index (χ0n) is 20.1. The van der Waals surface area contributed by atoms with Gasteiger partial charge in [0, 0.05) is 32.2 Å². The Morgan fingerprint density at radius 2 is 1.61 bits per heavy atom. The van der Waals surface area contributed by atoms with Crippen molar-refractivity contribution >= 4 is 11.9 Å². The summed E-state index contributed by atoms with van der Waals surface area (Å²) >= 11 is 0. The third-order valence-corrected chi connectivity index (χ3v) is 6.58. The van der Waals surface area contributed by atoms with Gasteiger partial charge in [0.25, 0.3) is 0 Å². The summed E-state index contributed by atoms with van der Waals surface area (Å²) in [5.41, 5.74) is 0.685. The van der Waals surface area contributed by atoms with Crippen LogP contribution in [0, 0.1) is 11.8 Å². The minimum atomic E-state index is -0.436. The maximum Gasteiger partial charge on any atom is 0.410 e. The second-order valence-corrected chi connectivity index (χ2v) is 10.1. The van der Waals surface area contributed by atoms with E-state index in [9.17, 15) is 4.79 Å². The standard InChI is InChI=1S/C26H36N4O3/c1-26(2,3)33-25(31)30-15-11-22(12-16-30)21-9-13-29(14-10-21)23-17-24(28-19-27-23)32-18-20-7-5-4-6-8-20/h4-8,17,19,21-22H,9-16,18H2,1-3H3. The Kier molecular flexibility index (Phi) is 7.36. The molecule has 0 spiro atoms. The molecule has 33 heavy (non-hydrogen) atoms.